The third kappa shape index (κ3) is 5.76. The number of benzene rings is 2. The maximum Gasteiger partial charge on any atom is 0.236 e. The Hall–Kier alpha value is -4.42. The van der Waals surface area contributed by atoms with Crippen molar-refractivity contribution in [2.45, 2.75) is 23.8 Å². The fourth-order valence-electron chi connectivity index (χ4n) is 3.56. The van der Waals surface area contributed by atoms with Crippen LogP contribution in [0.5, 0.6) is 5.75 Å². The number of nitrogens with zero attached hydrogens (tertiary/aromatic N) is 4. The Morgan fingerprint density at radius 2 is 1.97 bits per heavy atom. The van der Waals surface area contributed by atoms with E-state index in [2.05, 4.69) is 20.9 Å². The van der Waals surface area contributed by atoms with Crippen LogP contribution >= 0.6 is 11.8 Å². The van der Waals surface area contributed by atoms with Gasteiger partial charge in [0.25, 0.3) is 0 Å². The van der Waals surface area contributed by atoms with E-state index in [0.717, 1.165) is 0 Å². The Kier molecular flexibility index (Phi) is 8.24. The molecule has 0 saturated heterocycles. The highest BCUT2D eigenvalue weighted by atomic mass is 32.2. The first kappa shape index (κ1) is 26.6. The number of aliphatic hydroxyl groups is 2. The van der Waals surface area contributed by atoms with Crippen LogP contribution in [-0.2, 0) is 5.75 Å². The second-order valence-electron chi connectivity index (χ2n) is 8.19. The van der Waals surface area contributed by atoms with Crippen molar-refractivity contribution in [2.75, 3.05) is 18.9 Å². The van der Waals surface area contributed by atoms with Crippen molar-refractivity contribution in [2.24, 2.45) is 0 Å². The topological polar surface area (TPSA) is 143 Å². The summed E-state index contributed by atoms with van der Waals surface area (Å²) in [6.45, 7) is 8.76. The molecule has 0 aliphatic heterocycles. The summed E-state index contributed by atoms with van der Waals surface area (Å²) in [5.41, 5.74) is 8.97. The highest BCUT2D eigenvalue weighted by Gasteiger charge is 2.21. The van der Waals surface area contributed by atoms with Gasteiger partial charge in [-0.15, -0.1) is 0 Å². The van der Waals surface area contributed by atoms with Crippen LogP contribution in [0.4, 0.5) is 15.9 Å². The van der Waals surface area contributed by atoms with Crippen LogP contribution in [0.3, 0.4) is 0 Å². The molecule has 9 nitrogen and oxygen atoms in total. The molecule has 0 unspecified atom stereocenters. The second-order valence-corrected chi connectivity index (χ2v) is 9.16. The maximum atomic E-state index is 13.6. The van der Waals surface area contributed by atoms with Crippen molar-refractivity contribution < 1.29 is 23.8 Å². The average molecular weight is 532 g/mol. The number of thioether (sulfide) groups is 1. The minimum absolute atomic E-state index is 0.00877. The SMILES string of the molecule is [C-]#[N+]c1c(N)nc(SCc2coc(-c3ccc(F)c(C)c3)n2)c(C#N)c1-c1ccc(OC[C@@H](O)CO)cc1. The Morgan fingerprint density at radius 1 is 1.24 bits per heavy atom. The average Bonchev–Trinajstić information content (AvgIpc) is 3.41. The predicted octanol–water partition coefficient (Wildman–Crippen LogP) is 4.88. The first-order chi connectivity index (χ1) is 18.3. The summed E-state index contributed by atoms with van der Waals surface area (Å²) in [5.74, 6) is 0.769. The van der Waals surface area contributed by atoms with Crippen LogP contribution in [0, 0.1) is 30.6 Å². The van der Waals surface area contributed by atoms with Crippen LogP contribution in [0.2, 0.25) is 0 Å². The summed E-state index contributed by atoms with van der Waals surface area (Å²) in [5, 5.41) is 28.7. The molecule has 0 aliphatic carbocycles. The molecule has 11 heteroatoms. The van der Waals surface area contributed by atoms with Crippen molar-refractivity contribution in [1.82, 2.24) is 9.97 Å². The quantitative estimate of drug-likeness (QED) is 0.203. The van der Waals surface area contributed by atoms with Crippen molar-refractivity contribution in [3.8, 4) is 34.4 Å². The summed E-state index contributed by atoms with van der Waals surface area (Å²) in [4.78, 5) is 12.3. The number of halogens is 1. The summed E-state index contributed by atoms with van der Waals surface area (Å²) in [6.07, 6.45) is 0.478. The molecule has 4 rings (SSSR count). The lowest BCUT2D eigenvalue weighted by molar-refractivity contribution is 0.0536. The summed E-state index contributed by atoms with van der Waals surface area (Å²) in [6, 6.07) is 13.3. The van der Waals surface area contributed by atoms with E-state index < -0.39 is 12.7 Å². The molecule has 4 N–H and O–H groups in total. The summed E-state index contributed by atoms with van der Waals surface area (Å²) >= 11 is 1.22. The number of nitrogen functional groups attached to an aromatic ring is 1. The number of anilines is 1. The smallest absolute Gasteiger partial charge is 0.236 e. The van der Waals surface area contributed by atoms with E-state index in [0.29, 0.717) is 50.4 Å². The predicted molar refractivity (Wildman–Crippen MR) is 140 cm³/mol. The maximum absolute atomic E-state index is 13.6. The highest BCUT2D eigenvalue weighted by molar-refractivity contribution is 7.98. The van der Waals surface area contributed by atoms with Gasteiger partial charge in [-0.3, -0.25) is 0 Å². The van der Waals surface area contributed by atoms with Crippen LogP contribution in [-0.4, -0.2) is 39.5 Å². The normalized spacial score (nSPS) is 11.5. The van der Waals surface area contributed by atoms with Gasteiger partial charge in [0.2, 0.25) is 11.6 Å². The molecule has 0 bridgehead atoms. The van der Waals surface area contributed by atoms with E-state index in [1.54, 1.807) is 43.3 Å². The Labute approximate surface area is 222 Å². The van der Waals surface area contributed by atoms with Crippen molar-refractivity contribution in [3.63, 3.8) is 0 Å². The summed E-state index contributed by atoms with van der Waals surface area (Å²) in [7, 11) is 0. The zero-order valence-electron chi connectivity index (χ0n) is 20.2. The zero-order valence-corrected chi connectivity index (χ0v) is 21.0. The number of hydrogen-bond donors (Lipinski definition) is 3. The number of rotatable bonds is 9. The molecular formula is C27H22FN5O4S. The van der Waals surface area contributed by atoms with E-state index in [9.17, 15) is 14.8 Å². The van der Waals surface area contributed by atoms with Gasteiger partial charge in [-0.25, -0.2) is 19.2 Å². The van der Waals surface area contributed by atoms with Crippen molar-refractivity contribution in [3.05, 3.63) is 82.8 Å². The molecular weight excluding hydrogens is 509 g/mol. The molecule has 0 amide bonds. The zero-order chi connectivity index (χ0) is 27.2. The third-order valence-electron chi connectivity index (χ3n) is 5.50. The number of aryl methyl sites for hydroxylation is 1. The lowest BCUT2D eigenvalue weighted by Gasteiger charge is -2.14. The molecule has 4 aromatic rings. The van der Waals surface area contributed by atoms with Crippen LogP contribution < -0.4 is 10.5 Å². The fourth-order valence-corrected chi connectivity index (χ4v) is 4.44. The Balaban J connectivity index is 1.60. The number of aliphatic hydroxyl groups excluding tert-OH is 2. The standard InChI is InChI=1S/C27H22FN5O4S/c1-15-9-17(5-8-22(15)28)26-32-18(12-37-26)14-38-27-21(10-29)23(24(31-2)25(30)33-27)16-3-6-20(7-4-16)36-13-19(35)11-34/h3-9,12,19,34-35H,11,13-14H2,1H3,(H2,30,33)/t19-/m0/s1. The lowest BCUT2D eigenvalue weighted by atomic mass is 10.00. The Bertz CT molecular complexity index is 1540. The molecule has 1 atom stereocenters. The molecule has 2 aromatic heterocycles. The minimum Gasteiger partial charge on any atom is -0.491 e. The van der Waals surface area contributed by atoms with E-state index in [-0.39, 0.29) is 29.5 Å². The van der Waals surface area contributed by atoms with Gasteiger partial charge in [-0.1, -0.05) is 23.9 Å². The van der Waals surface area contributed by atoms with Crippen LogP contribution in [0.15, 0.2) is 58.2 Å². The lowest BCUT2D eigenvalue weighted by Crippen LogP contribution is -2.21. The third-order valence-corrected chi connectivity index (χ3v) is 6.51. The van der Waals surface area contributed by atoms with Gasteiger partial charge >= 0.3 is 0 Å². The number of nitriles is 1. The molecule has 0 saturated carbocycles. The molecule has 0 radical (unpaired) electrons. The largest absolute Gasteiger partial charge is 0.491 e. The van der Waals surface area contributed by atoms with Gasteiger partial charge in [-0.05, 0) is 48.4 Å². The van der Waals surface area contributed by atoms with Crippen molar-refractivity contribution in [1.29, 1.82) is 5.26 Å². The van der Waals surface area contributed by atoms with Gasteiger partial charge in [0.05, 0.1) is 24.4 Å². The molecule has 0 fully saturated rings. The number of nitrogens with two attached hydrogens (primary N) is 1. The number of aromatic nitrogens is 2. The van der Waals surface area contributed by atoms with Crippen molar-refractivity contribution >= 4 is 23.3 Å². The van der Waals surface area contributed by atoms with Gasteiger partial charge in [0.1, 0.15) is 47.5 Å². The molecule has 2 heterocycles. The number of ether oxygens (including phenoxy) is 1. The minimum atomic E-state index is -1.01. The molecule has 0 aliphatic rings. The van der Waals surface area contributed by atoms with E-state index in [1.807, 2.05) is 0 Å². The van der Waals surface area contributed by atoms with E-state index in [1.165, 1.54) is 24.1 Å². The second kappa shape index (κ2) is 11.8. The first-order valence-corrected chi connectivity index (χ1v) is 12.3. The van der Waals surface area contributed by atoms with Crippen LogP contribution in [0.1, 0.15) is 16.8 Å². The highest BCUT2D eigenvalue weighted by Crippen LogP contribution is 2.42. The van der Waals surface area contributed by atoms with Crippen LogP contribution in [0.25, 0.3) is 27.4 Å². The first-order valence-electron chi connectivity index (χ1n) is 11.3. The van der Waals surface area contributed by atoms with Gasteiger partial charge < -0.3 is 25.1 Å². The van der Waals surface area contributed by atoms with Gasteiger partial charge in [0, 0.05) is 16.9 Å². The number of hydrogen-bond acceptors (Lipinski definition) is 9. The molecule has 0 spiro atoms. The van der Waals surface area contributed by atoms with Gasteiger partial charge in [-0.2, -0.15) is 5.26 Å². The van der Waals surface area contributed by atoms with Gasteiger partial charge in [0.15, 0.2) is 0 Å². The monoisotopic (exact) mass is 531 g/mol. The summed E-state index contributed by atoms with van der Waals surface area (Å²) < 4.78 is 24.6. The molecule has 192 valence electrons. The van der Waals surface area contributed by atoms with E-state index >= 15 is 0 Å². The molecule has 2 aromatic carbocycles. The number of pyridine rings is 1. The number of oxazole rings is 1. The van der Waals surface area contributed by atoms with E-state index in [4.69, 9.17) is 26.6 Å². The Morgan fingerprint density at radius 3 is 2.63 bits per heavy atom. The fraction of sp³-hybridized carbons (Fsp3) is 0.185. The molecule has 38 heavy (non-hydrogen) atoms.